The summed E-state index contributed by atoms with van der Waals surface area (Å²) in [6.45, 7) is 4.07. The molecule has 148 valence electrons. The number of ether oxygens (including phenoxy) is 1. The third-order valence-electron chi connectivity index (χ3n) is 4.76. The molecule has 2 amide bonds. The van der Waals surface area contributed by atoms with Gasteiger partial charge in [-0.1, -0.05) is 17.7 Å². The molecule has 6 nitrogen and oxygen atoms in total. The maximum absolute atomic E-state index is 12.4. The molecule has 1 aliphatic rings. The molecule has 2 N–H and O–H groups in total. The lowest BCUT2D eigenvalue weighted by molar-refractivity contribution is -0.119. The van der Waals surface area contributed by atoms with Gasteiger partial charge in [0.25, 0.3) is 5.91 Å². The van der Waals surface area contributed by atoms with Gasteiger partial charge in [-0.15, -0.1) is 11.3 Å². The van der Waals surface area contributed by atoms with Gasteiger partial charge in [-0.05, 0) is 37.3 Å². The Kier molecular flexibility index (Phi) is 5.31. The third kappa shape index (κ3) is 4.30. The number of nitrogens with zero attached hydrogens (tertiary/aromatic N) is 1. The van der Waals surface area contributed by atoms with Crippen LogP contribution >= 0.6 is 11.3 Å². The Bertz CT molecular complexity index is 1060. The number of anilines is 1. The second-order valence-corrected chi connectivity index (χ2v) is 7.86. The highest BCUT2D eigenvalue weighted by molar-refractivity contribution is 7.14. The van der Waals surface area contributed by atoms with E-state index < -0.39 is 0 Å². The highest BCUT2D eigenvalue weighted by Crippen LogP contribution is 2.36. The van der Waals surface area contributed by atoms with E-state index in [1.54, 1.807) is 12.1 Å². The van der Waals surface area contributed by atoms with Gasteiger partial charge in [0.05, 0.1) is 18.3 Å². The van der Waals surface area contributed by atoms with Crippen molar-refractivity contribution in [3.05, 3.63) is 64.5 Å². The Morgan fingerprint density at radius 3 is 2.72 bits per heavy atom. The Labute approximate surface area is 172 Å². The number of amides is 2. The van der Waals surface area contributed by atoms with Gasteiger partial charge in [0.2, 0.25) is 5.91 Å². The molecule has 29 heavy (non-hydrogen) atoms. The molecule has 1 aliphatic heterocycles. The minimum absolute atomic E-state index is 0.0667. The molecular formula is C22H21N3O3S. The van der Waals surface area contributed by atoms with Crippen LogP contribution in [0.5, 0.6) is 5.75 Å². The predicted molar refractivity (Wildman–Crippen MR) is 113 cm³/mol. The van der Waals surface area contributed by atoms with E-state index in [2.05, 4.69) is 15.6 Å². The Morgan fingerprint density at radius 1 is 1.17 bits per heavy atom. The lowest BCUT2D eigenvalue weighted by Crippen LogP contribution is -2.30. The fraction of sp³-hybridized carbons (Fsp3) is 0.227. The van der Waals surface area contributed by atoms with Gasteiger partial charge >= 0.3 is 0 Å². The van der Waals surface area contributed by atoms with Crippen molar-refractivity contribution in [2.45, 2.75) is 26.3 Å². The quantitative estimate of drug-likeness (QED) is 0.675. The summed E-state index contributed by atoms with van der Waals surface area (Å²) in [5.41, 5.74) is 4.33. The standard InChI is InChI=1S/C22H21N3O3S/c1-13-3-5-15(6-4-13)21(27)25-22-24-19(12-29-22)16-7-8-20-17(11-16)18(9-10-28-20)23-14(2)26/h3-8,11-12,18H,9-10H2,1-2H3,(H,23,26)(H,24,25,27). The first-order chi connectivity index (χ1) is 14.0. The van der Waals surface area contributed by atoms with Gasteiger partial charge in [0, 0.05) is 35.4 Å². The van der Waals surface area contributed by atoms with Crippen LogP contribution in [0.1, 0.15) is 40.9 Å². The lowest BCUT2D eigenvalue weighted by Gasteiger charge is -2.26. The number of aromatic nitrogens is 1. The molecule has 1 atom stereocenters. The fourth-order valence-corrected chi connectivity index (χ4v) is 4.00. The summed E-state index contributed by atoms with van der Waals surface area (Å²) in [4.78, 5) is 28.5. The van der Waals surface area contributed by atoms with Crippen LogP contribution in [0.3, 0.4) is 0 Å². The van der Waals surface area contributed by atoms with E-state index in [0.717, 1.165) is 34.6 Å². The van der Waals surface area contributed by atoms with Crippen LogP contribution in [0.15, 0.2) is 47.8 Å². The maximum atomic E-state index is 12.4. The third-order valence-corrected chi connectivity index (χ3v) is 5.52. The number of nitrogens with one attached hydrogen (secondary N) is 2. The number of fused-ring (bicyclic) bond motifs is 1. The van der Waals surface area contributed by atoms with E-state index in [-0.39, 0.29) is 17.9 Å². The average molecular weight is 407 g/mol. The summed E-state index contributed by atoms with van der Waals surface area (Å²) < 4.78 is 5.72. The van der Waals surface area contributed by atoms with Gasteiger partial charge in [-0.2, -0.15) is 0 Å². The maximum Gasteiger partial charge on any atom is 0.257 e. The topological polar surface area (TPSA) is 80.3 Å². The van der Waals surface area contributed by atoms with E-state index >= 15 is 0 Å². The number of thiazole rings is 1. The molecule has 0 saturated heterocycles. The van der Waals surface area contributed by atoms with Crippen molar-refractivity contribution >= 4 is 28.3 Å². The number of hydrogen-bond acceptors (Lipinski definition) is 5. The van der Waals surface area contributed by atoms with Gasteiger partial charge < -0.3 is 10.1 Å². The molecule has 0 spiro atoms. The highest BCUT2D eigenvalue weighted by Gasteiger charge is 2.23. The van der Waals surface area contributed by atoms with E-state index in [1.165, 1.54) is 18.3 Å². The van der Waals surface area contributed by atoms with E-state index in [1.807, 2.05) is 42.6 Å². The van der Waals surface area contributed by atoms with Crippen LogP contribution in [0.4, 0.5) is 5.13 Å². The first-order valence-corrected chi connectivity index (χ1v) is 10.3. The number of benzene rings is 2. The van der Waals surface area contributed by atoms with Gasteiger partial charge in [0.15, 0.2) is 5.13 Å². The van der Waals surface area contributed by atoms with Crippen LogP contribution in [-0.4, -0.2) is 23.4 Å². The highest BCUT2D eigenvalue weighted by atomic mass is 32.1. The second kappa shape index (κ2) is 8.05. The lowest BCUT2D eigenvalue weighted by atomic mass is 9.97. The van der Waals surface area contributed by atoms with Crippen LogP contribution in [-0.2, 0) is 4.79 Å². The smallest absolute Gasteiger partial charge is 0.257 e. The number of rotatable bonds is 4. The molecule has 2 aromatic carbocycles. The zero-order valence-corrected chi connectivity index (χ0v) is 17.0. The molecule has 0 fully saturated rings. The van der Waals surface area contributed by atoms with Crippen molar-refractivity contribution in [2.24, 2.45) is 0 Å². The monoisotopic (exact) mass is 407 g/mol. The molecule has 0 radical (unpaired) electrons. The van der Waals surface area contributed by atoms with Crippen molar-refractivity contribution < 1.29 is 14.3 Å². The van der Waals surface area contributed by atoms with E-state index in [0.29, 0.717) is 17.3 Å². The number of carbonyl (C=O) groups excluding carboxylic acids is 2. The molecule has 7 heteroatoms. The Morgan fingerprint density at radius 2 is 1.97 bits per heavy atom. The zero-order chi connectivity index (χ0) is 20.4. The van der Waals surface area contributed by atoms with Crippen molar-refractivity contribution in [1.82, 2.24) is 10.3 Å². The van der Waals surface area contributed by atoms with Crippen molar-refractivity contribution in [2.75, 3.05) is 11.9 Å². The summed E-state index contributed by atoms with van der Waals surface area (Å²) in [5, 5.41) is 8.27. The number of hydrogen-bond donors (Lipinski definition) is 2. The number of carbonyl (C=O) groups is 2. The molecule has 0 aliphatic carbocycles. The van der Waals surface area contributed by atoms with Crippen molar-refractivity contribution in [3.8, 4) is 17.0 Å². The summed E-state index contributed by atoms with van der Waals surface area (Å²) in [7, 11) is 0. The SMILES string of the molecule is CC(=O)NC1CCOc2ccc(-c3csc(NC(=O)c4ccc(C)cc4)n3)cc21. The number of aryl methyl sites for hydroxylation is 1. The molecule has 2 heterocycles. The molecule has 0 bridgehead atoms. The van der Waals surface area contributed by atoms with Gasteiger partial charge in [-0.25, -0.2) is 4.98 Å². The summed E-state index contributed by atoms with van der Waals surface area (Å²) in [5.74, 6) is 0.528. The van der Waals surface area contributed by atoms with E-state index in [4.69, 9.17) is 4.74 Å². The van der Waals surface area contributed by atoms with Gasteiger partial charge in [0.1, 0.15) is 5.75 Å². The van der Waals surface area contributed by atoms with Crippen molar-refractivity contribution in [1.29, 1.82) is 0 Å². The minimum Gasteiger partial charge on any atom is -0.493 e. The first kappa shape index (κ1) is 19.1. The summed E-state index contributed by atoms with van der Waals surface area (Å²) in [6.07, 6.45) is 0.727. The molecule has 1 aromatic heterocycles. The normalized spacial score (nSPS) is 15.2. The van der Waals surface area contributed by atoms with Crippen LogP contribution in [0.25, 0.3) is 11.3 Å². The summed E-state index contributed by atoms with van der Waals surface area (Å²) in [6, 6.07) is 13.2. The minimum atomic E-state index is -0.185. The van der Waals surface area contributed by atoms with Crippen LogP contribution in [0.2, 0.25) is 0 Å². The molecule has 1 unspecified atom stereocenters. The van der Waals surface area contributed by atoms with Crippen LogP contribution < -0.4 is 15.4 Å². The zero-order valence-electron chi connectivity index (χ0n) is 16.2. The fourth-order valence-electron chi connectivity index (χ4n) is 3.29. The summed E-state index contributed by atoms with van der Waals surface area (Å²) >= 11 is 1.38. The van der Waals surface area contributed by atoms with E-state index in [9.17, 15) is 9.59 Å². The average Bonchev–Trinajstić information content (AvgIpc) is 3.16. The largest absolute Gasteiger partial charge is 0.493 e. The van der Waals surface area contributed by atoms with Crippen molar-refractivity contribution in [3.63, 3.8) is 0 Å². The second-order valence-electron chi connectivity index (χ2n) is 7.00. The molecule has 0 saturated carbocycles. The van der Waals surface area contributed by atoms with Gasteiger partial charge in [-0.3, -0.25) is 14.9 Å². The molecular weight excluding hydrogens is 386 g/mol. The Hall–Kier alpha value is -3.19. The molecule has 4 rings (SSSR count). The molecule has 3 aromatic rings. The first-order valence-electron chi connectivity index (χ1n) is 9.37. The predicted octanol–water partition coefficient (Wildman–Crippen LogP) is 4.33. The Balaban J connectivity index is 1.54. The van der Waals surface area contributed by atoms with Crippen LogP contribution in [0, 0.1) is 6.92 Å².